The van der Waals surface area contributed by atoms with Gasteiger partial charge >= 0.3 is 33.3 Å². The molecule has 1 aliphatic rings. The predicted octanol–water partition coefficient (Wildman–Crippen LogP) is 8.89. The van der Waals surface area contributed by atoms with Gasteiger partial charge in [0, 0.05) is 19.0 Å². The number of aliphatic hydroxyl groups is 2. The molecule has 7 atom stereocenters. The number of carbonyl (C=O) groups excluding carboxylic acids is 2. The summed E-state index contributed by atoms with van der Waals surface area (Å²) in [5, 5.41) is 20.9. The molecule has 20 heteroatoms. The summed E-state index contributed by atoms with van der Waals surface area (Å²) in [5.41, 5.74) is 4.58. The summed E-state index contributed by atoms with van der Waals surface area (Å²) in [6.07, 6.45) is 24.4. The van der Waals surface area contributed by atoms with Crippen molar-refractivity contribution in [1.82, 2.24) is 9.55 Å². The van der Waals surface area contributed by atoms with Gasteiger partial charge in [-0.2, -0.15) is 9.29 Å². The number of nitrogen functional groups attached to an aromatic ring is 1. The number of carbonyl (C=O) groups is 2. The van der Waals surface area contributed by atoms with E-state index in [0.29, 0.717) is 12.8 Å². The van der Waals surface area contributed by atoms with Crippen LogP contribution < -0.4 is 11.4 Å². The van der Waals surface area contributed by atoms with E-state index in [9.17, 15) is 43.5 Å². The zero-order valence-electron chi connectivity index (χ0n) is 38.3. The smallest absolute Gasteiger partial charge is 0.462 e. The maximum Gasteiger partial charge on any atom is 0.481 e. The number of esters is 2. The molecule has 0 aromatic carbocycles. The van der Waals surface area contributed by atoms with E-state index >= 15 is 0 Å². The average molecular weight is 952 g/mol. The third kappa shape index (κ3) is 26.6. The zero-order chi connectivity index (χ0) is 47.1. The van der Waals surface area contributed by atoms with E-state index in [0.717, 1.165) is 75.0 Å². The van der Waals surface area contributed by atoms with Crippen molar-refractivity contribution in [2.45, 2.75) is 211 Å². The van der Waals surface area contributed by atoms with E-state index < -0.39 is 83.7 Å². The lowest BCUT2D eigenvalue weighted by atomic mass is 10.0. The molecule has 1 fully saturated rings. The van der Waals surface area contributed by atoms with E-state index in [2.05, 4.69) is 35.3 Å². The number of phosphoric ester groups is 2. The molecular weight excluding hydrogens is 872 g/mol. The highest BCUT2D eigenvalue weighted by Gasteiger charge is 2.46. The van der Waals surface area contributed by atoms with Crippen molar-refractivity contribution in [2.24, 2.45) is 0 Å². The predicted molar refractivity (Wildman–Crippen MR) is 243 cm³/mol. The number of nitrogens with two attached hydrogens (primary N) is 1. The summed E-state index contributed by atoms with van der Waals surface area (Å²) in [5.74, 6) is -1.30. The van der Waals surface area contributed by atoms with Gasteiger partial charge in [-0.1, -0.05) is 142 Å². The molecule has 370 valence electrons. The van der Waals surface area contributed by atoms with Gasteiger partial charge in [-0.25, -0.2) is 13.9 Å². The number of allylic oxidation sites excluding steroid dienone is 2. The number of phosphoric acid groups is 2. The second kappa shape index (κ2) is 33.9. The molecule has 2 heterocycles. The highest BCUT2D eigenvalue weighted by Crippen LogP contribution is 2.60. The number of hydrogen-bond acceptors (Lipinski definition) is 15. The molecule has 0 aliphatic carbocycles. The summed E-state index contributed by atoms with van der Waals surface area (Å²) < 4.78 is 56.6. The first-order valence-electron chi connectivity index (χ1n) is 23.7. The minimum atomic E-state index is -5.42. The fourth-order valence-electron chi connectivity index (χ4n) is 7.13. The van der Waals surface area contributed by atoms with Crippen LogP contribution in [-0.4, -0.2) is 85.7 Å². The van der Waals surface area contributed by atoms with Crippen LogP contribution in [0.25, 0.3) is 0 Å². The van der Waals surface area contributed by atoms with Crippen LogP contribution in [0.5, 0.6) is 0 Å². The number of nitrogens with zero attached hydrogens (tertiary/aromatic N) is 2. The molecule has 64 heavy (non-hydrogen) atoms. The Morgan fingerprint density at radius 2 is 1.22 bits per heavy atom. The fourth-order valence-corrected chi connectivity index (χ4v) is 9.24. The zero-order valence-corrected chi connectivity index (χ0v) is 40.1. The average Bonchev–Trinajstić information content (AvgIpc) is 3.52. The van der Waals surface area contributed by atoms with Crippen molar-refractivity contribution in [3.8, 4) is 0 Å². The van der Waals surface area contributed by atoms with E-state index in [1.54, 1.807) is 0 Å². The maximum absolute atomic E-state index is 12.8. The van der Waals surface area contributed by atoms with Crippen LogP contribution in [0.4, 0.5) is 5.82 Å². The molecule has 0 radical (unpaired) electrons. The van der Waals surface area contributed by atoms with Crippen LogP contribution in [0.2, 0.25) is 0 Å². The number of rotatable bonds is 39. The number of anilines is 1. The summed E-state index contributed by atoms with van der Waals surface area (Å²) >= 11 is 0. The van der Waals surface area contributed by atoms with Crippen LogP contribution >= 0.6 is 15.6 Å². The molecule has 1 saturated heterocycles. The number of unbranched alkanes of at least 4 members (excludes halogenated alkanes) is 21. The molecular formula is C44H79N3O15P2. The van der Waals surface area contributed by atoms with Crippen molar-refractivity contribution >= 4 is 33.4 Å². The van der Waals surface area contributed by atoms with Crippen molar-refractivity contribution < 1.29 is 66.3 Å². The number of aliphatic hydroxyl groups excluding tert-OH is 2. The SMILES string of the molecule is CCCCCC/C=C\CCCCCCCC(=O)O[C@H](COC(=O)CCCCCCCCCCCCCCC)COP(=O)(O)OP(=O)(O)OC[C@H]1O[C@@H](n2ccc(N)nc2=O)[C@H](O)[C@@H]1O. The molecule has 2 unspecified atom stereocenters. The topological polar surface area (TPSA) is 265 Å². The number of aromatic nitrogens is 2. The van der Waals surface area contributed by atoms with Gasteiger partial charge in [0.25, 0.3) is 0 Å². The molecule has 0 spiro atoms. The van der Waals surface area contributed by atoms with Gasteiger partial charge in [0.05, 0.1) is 13.2 Å². The van der Waals surface area contributed by atoms with Crippen molar-refractivity contribution in [3.63, 3.8) is 0 Å². The number of ether oxygens (including phenoxy) is 3. The molecule has 1 aliphatic heterocycles. The third-order valence-electron chi connectivity index (χ3n) is 10.9. The standard InChI is InChI=1S/C44H79N3O15P2/c1-3-5-7-9-11-13-15-17-19-21-23-25-27-29-39(48)57-33-36(60-40(49)30-28-26-24-22-20-18-16-14-12-10-8-6-4-2)34-58-63(53,54)62-64(55,56)59-35-37-41(50)42(51)43(61-37)47-32-31-38(45)46-44(47)52/h14,16,31-32,36-37,41-43,50-51H,3-13,15,17-30,33-35H2,1-2H3,(H,53,54)(H,55,56)(H2,45,46,52)/b16-14-/t36-,37-,41-,42-,43-/m1/s1. The third-order valence-corrected chi connectivity index (χ3v) is 13.5. The Kier molecular flexibility index (Phi) is 30.5. The summed E-state index contributed by atoms with van der Waals surface area (Å²) in [7, 11) is -10.8. The lowest BCUT2D eigenvalue weighted by Gasteiger charge is -2.21. The Morgan fingerprint density at radius 3 is 1.77 bits per heavy atom. The molecule has 0 saturated carbocycles. The maximum atomic E-state index is 12.8. The van der Waals surface area contributed by atoms with Gasteiger partial charge in [0.1, 0.15) is 30.7 Å². The Bertz CT molecular complexity index is 1620. The first-order chi connectivity index (χ1) is 30.7. The molecule has 1 aromatic rings. The van der Waals surface area contributed by atoms with Gasteiger partial charge in [-0.05, 0) is 44.6 Å². The van der Waals surface area contributed by atoms with Crippen molar-refractivity contribution in [3.05, 3.63) is 34.9 Å². The second-order valence-corrected chi connectivity index (χ2v) is 19.7. The second-order valence-electron chi connectivity index (χ2n) is 16.6. The van der Waals surface area contributed by atoms with Gasteiger partial charge < -0.3 is 39.9 Å². The van der Waals surface area contributed by atoms with Crippen molar-refractivity contribution in [2.75, 3.05) is 25.6 Å². The quantitative estimate of drug-likeness (QED) is 0.0178. The normalized spacial score (nSPS) is 20.0. The first kappa shape index (κ1) is 57.6. The van der Waals surface area contributed by atoms with Crippen molar-refractivity contribution in [1.29, 1.82) is 0 Å². The van der Waals surface area contributed by atoms with Gasteiger partial charge in [-0.15, -0.1) is 0 Å². The molecule has 2 rings (SSSR count). The Hall–Kier alpha value is -2.50. The monoisotopic (exact) mass is 951 g/mol. The van der Waals surface area contributed by atoms with Gasteiger partial charge in [0.2, 0.25) is 0 Å². The highest BCUT2D eigenvalue weighted by atomic mass is 31.3. The van der Waals surface area contributed by atoms with E-state index in [1.807, 2.05) is 0 Å². The van der Waals surface area contributed by atoms with Crippen LogP contribution in [0, 0.1) is 0 Å². The molecule has 18 nitrogen and oxygen atoms in total. The van der Waals surface area contributed by atoms with E-state index in [4.69, 9.17) is 29.0 Å². The highest BCUT2D eigenvalue weighted by molar-refractivity contribution is 7.61. The van der Waals surface area contributed by atoms with Crippen LogP contribution in [0.15, 0.2) is 29.2 Å². The lowest BCUT2D eigenvalue weighted by Crippen LogP contribution is -2.36. The summed E-state index contributed by atoms with van der Waals surface area (Å²) in [4.78, 5) is 61.7. The lowest BCUT2D eigenvalue weighted by molar-refractivity contribution is -0.161. The summed E-state index contributed by atoms with van der Waals surface area (Å²) in [6, 6.07) is 1.25. The van der Waals surface area contributed by atoms with Crippen LogP contribution in [0.1, 0.15) is 187 Å². The van der Waals surface area contributed by atoms with Crippen LogP contribution in [-0.2, 0) is 46.3 Å². The fraction of sp³-hybridized carbons (Fsp3) is 0.818. The van der Waals surface area contributed by atoms with Gasteiger partial charge in [0.15, 0.2) is 12.3 Å². The Labute approximate surface area is 380 Å². The minimum Gasteiger partial charge on any atom is -0.462 e. The van der Waals surface area contributed by atoms with E-state index in [-0.39, 0.29) is 18.7 Å². The van der Waals surface area contributed by atoms with Crippen LogP contribution in [0.3, 0.4) is 0 Å². The summed E-state index contributed by atoms with van der Waals surface area (Å²) in [6.45, 7) is 2.13. The van der Waals surface area contributed by atoms with Gasteiger partial charge in [-0.3, -0.25) is 23.2 Å². The Morgan fingerprint density at radius 1 is 0.734 bits per heavy atom. The molecule has 0 bridgehead atoms. The number of hydrogen-bond donors (Lipinski definition) is 5. The largest absolute Gasteiger partial charge is 0.481 e. The molecule has 0 amide bonds. The Balaban J connectivity index is 1.83. The first-order valence-corrected chi connectivity index (χ1v) is 26.7. The minimum absolute atomic E-state index is 0.0438. The molecule has 6 N–H and O–H groups in total. The molecule has 1 aromatic heterocycles. The van der Waals surface area contributed by atoms with E-state index in [1.165, 1.54) is 83.1 Å².